The Bertz CT molecular complexity index is 202. The molecule has 0 aliphatic rings. The molecule has 0 spiro atoms. The van der Waals surface area contributed by atoms with Gasteiger partial charge in [0.25, 0.3) is 0 Å². The van der Waals surface area contributed by atoms with E-state index in [1.54, 1.807) is 0 Å². The number of rotatable bonds is 1. The summed E-state index contributed by atoms with van der Waals surface area (Å²) in [6, 6.07) is 5.68. The Hall–Kier alpha value is -0.305. The zero-order valence-electron chi connectivity index (χ0n) is 4.84. The summed E-state index contributed by atoms with van der Waals surface area (Å²) < 4.78 is 0.838. The maximum absolute atomic E-state index is 5.34. The lowest BCUT2D eigenvalue weighted by Gasteiger charge is -1.93. The second kappa shape index (κ2) is 3.02. The Balaban J connectivity index is 2.94. The summed E-state index contributed by atoms with van der Waals surface area (Å²) in [6.07, 6.45) is 0.499. The molecule has 0 N–H and O–H groups in total. The minimum atomic E-state index is 0.499. The van der Waals surface area contributed by atoms with Gasteiger partial charge in [0.2, 0.25) is 0 Å². The van der Waals surface area contributed by atoms with Crippen LogP contribution >= 0.6 is 15.9 Å². The van der Waals surface area contributed by atoms with E-state index in [2.05, 4.69) is 20.9 Å². The lowest BCUT2D eigenvalue weighted by Crippen LogP contribution is -1.87. The fourth-order valence-corrected chi connectivity index (χ4v) is 0.944. The second-order valence-corrected chi connectivity index (χ2v) is 2.47. The molecule has 0 amide bonds. The third-order valence-corrected chi connectivity index (χ3v) is 1.42. The highest BCUT2D eigenvalue weighted by atomic mass is 79.9. The molecule has 3 heteroatoms. The van der Waals surface area contributed by atoms with Crippen molar-refractivity contribution in [3.8, 4) is 0 Å². The van der Waals surface area contributed by atoms with Crippen LogP contribution < -0.4 is 0 Å². The average Bonchev–Trinajstić information content (AvgIpc) is 1.88. The van der Waals surface area contributed by atoms with Crippen LogP contribution in [0.15, 0.2) is 22.8 Å². The van der Waals surface area contributed by atoms with E-state index in [0.29, 0.717) is 6.32 Å². The Morgan fingerprint density at radius 1 is 1.56 bits per heavy atom. The highest BCUT2D eigenvalue weighted by molar-refractivity contribution is 9.10. The van der Waals surface area contributed by atoms with E-state index in [0.717, 1.165) is 10.3 Å². The first-order valence-electron chi connectivity index (χ1n) is 2.64. The van der Waals surface area contributed by atoms with Crippen molar-refractivity contribution < 1.29 is 0 Å². The molecule has 0 saturated carbocycles. The van der Waals surface area contributed by atoms with Crippen LogP contribution in [0.25, 0.3) is 0 Å². The van der Waals surface area contributed by atoms with Crippen molar-refractivity contribution in [3.63, 3.8) is 0 Å². The monoisotopic (exact) mass is 181 g/mol. The zero-order chi connectivity index (χ0) is 6.69. The van der Waals surface area contributed by atoms with Crippen molar-refractivity contribution in [1.29, 1.82) is 0 Å². The molecule has 44 valence electrons. The van der Waals surface area contributed by atoms with Crippen LogP contribution in [0, 0.1) is 0 Å². The fraction of sp³-hybridized carbons (Fsp3) is 0.167. The first-order chi connectivity index (χ1) is 4.33. The number of pyridine rings is 1. The van der Waals surface area contributed by atoms with Gasteiger partial charge in [0, 0.05) is 5.69 Å². The Morgan fingerprint density at radius 2 is 2.33 bits per heavy atom. The van der Waals surface area contributed by atoms with Gasteiger partial charge in [-0.25, -0.2) is 4.98 Å². The second-order valence-electron chi connectivity index (χ2n) is 1.66. The van der Waals surface area contributed by atoms with Gasteiger partial charge in [0.05, 0.1) is 7.85 Å². The first-order valence-corrected chi connectivity index (χ1v) is 3.44. The summed E-state index contributed by atoms with van der Waals surface area (Å²) in [5.74, 6) is 0. The van der Waals surface area contributed by atoms with Gasteiger partial charge >= 0.3 is 0 Å². The zero-order valence-corrected chi connectivity index (χ0v) is 6.43. The van der Waals surface area contributed by atoms with E-state index < -0.39 is 0 Å². The molecule has 9 heavy (non-hydrogen) atoms. The molecule has 0 bridgehead atoms. The van der Waals surface area contributed by atoms with Crippen LogP contribution in [0.1, 0.15) is 5.69 Å². The molecule has 1 heterocycles. The largest absolute Gasteiger partial charge is 0.247 e. The van der Waals surface area contributed by atoms with Crippen LogP contribution in [0.5, 0.6) is 0 Å². The molecule has 1 nitrogen and oxygen atoms in total. The summed E-state index contributed by atoms with van der Waals surface area (Å²) in [6.45, 7) is 0. The molecule has 0 aliphatic carbocycles. The van der Waals surface area contributed by atoms with E-state index in [9.17, 15) is 0 Å². The third kappa shape index (κ3) is 1.82. The normalized spacial score (nSPS) is 9.44. The van der Waals surface area contributed by atoms with E-state index in [4.69, 9.17) is 7.85 Å². The SMILES string of the molecule is [B]Cc1cccc(Br)n1. The van der Waals surface area contributed by atoms with Crippen LogP contribution in [0.4, 0.5) is 0 Å². The predicted molar refractivity (Wildman–Crippen MR) is 41.4 cm³/mol. The van der Waals surface area contributed by atoms with Gasteiger partial charge in [-0.1, -0.05) is 6.07 Å². The van der Waals surface area contributed by atoms with Gasteiger partial charge in [-0.05, 0) is 34.4 Å². The van der Waals surface area contributed by atoms with E-state index in [-0.39, 0.29) is 0 Å². The van der Waals surface area contributed by atoms with Crippen molar-refractivity contribution in [3.05, 3.63) is 28.5 Å². The van der Waals surface area contributed by atoms with Crippen LogP contribution in [0.3, 0.4) is 0 Å². The maximum Gasteiger partial charge on any atom is 0.106 e. The van der Waals surface area contributed by atoms with Crippen molar-refractivity contribution in [1.82, 2.24) is 4.98 Å². The van der Waals surface area contributed by atoms with E-state index in [1.165, 1.54) is 0 Å². The van der Waals surface area contributed by atoms with Gasteiger partial charge in [0.15, 0.2) is 0 Å². The molecule has 0 atom stereocenters. The smallest absolute Gasteiger partial charge is 0.106 e. The topological polar surface area (TPSA) is 12.9 Å². The minimum absolute atomic E-state index is 0.499. The molecule has 0 unspecified atom stereocenters. The van der Waals surface area contributed by atoms with Crippen molar-refractivity contribution in [2.24, 2.45) is 0 Å². The number of hydrogen-bond acceptors (Lipinski definition) is 1. The predicted octanol–water partition coefficient (Wildman–Crippen LogP) is 1.51. The Morgan fingerprint density at radius 3 is 2.78 bits per heavy atom. The van der Waals surface area contributed by atoms with Crippen LogP contribution in [-0.4, -0.2) is 12.8 Å². The molecular formula is C6H5BBrN. The van der Waals surface area contributed by atoms with Gasteiger partial charge in [-0.2, -0.15) is 0 Å². The Kier molecular flexibility index (Phi) is 2.28. The minimum Gasteiger partial charge on any atom is -0.247 e. The fourth-order valence-electron chi connectivity index (χ4n) is 0.564. The number of halogens is 1. The average molecular weight is 182 g/mol. The van der Waals surface area contributed by atoms with Crippen molar-refractivity contribution >= 4 is 23.8 Å². The molecule has 2 radical (unpaired) electrons. The van der Waals surface area contributed by atoms with Gasteiger partial charge in [0.1, 0.15) is 4.60 Å². The first kappa shape index (κ1) is 6.81. The Labute approximate surface area is 64.0 Å². The summed E-state index contributed by atoms with van der Waals surface area (Å²) in [5, 5.41) is 0. The molecule has 1 rings (SSSR count). The molecule has 1 aromatic rings. The van der Waals surface area contributed by atoms with Crippen LogP contribution in [-0.2, 0) is 6.32 Å². The van der Waals surface area contributed by atoms with Gasteiger partial charge in [-0.3, -0.25) is 0 Å². The highest BCUT2D eigenvalue weighted by Gasteiger charge is 1.88. The molecule has 0 fully saturated rings. The van der Waals surface area contributed by atoms with E-state index in [1.807, 2.05) is 18.2 Å². The number of nitrogens with zero attached hydrogens (tertiary/aromatic N) is 1. The van der Waals surface area contributed by atoms with Gasteiger partial charge in [-0.15, -0.1) is 0 Å². The maximum atomic E-state index is 5.34. The third-order valence-electron chi connectivity index (χ3n) is 0.982. The summed E-state index contributed by atoms with van der Waals surface area (Å²) in [4.78, 5) is 4.08. The molecule has 1 aromatic heterocycles. The van der Waals surface area contributed by atoms with Crippen molar-refractivity contribution in [2.45, 2.75) is 6.32 Å². The van der Waals surface area contributed by atoms with Crippen LogP contribution in [0.2, 0.25) is 0 Å². The molecule has 0 aromatic carbocycles. The molecule has 0 saturated heterocycles. The van der Waals surface area contributed by atoms with Gasteiger partial charge < -0.3 is 0 Å². The lowest BCUT2D eigenvalue weighted by atomic mass is 10.0. The highest BCUT2D eigenvalue weighted by Crippen LogP contribution is 2.05. The van der Waals surface area contributed by atoms with E-state index >= 15 is 0 Å². The summed E-state index contributed by atoms with van der Waals surface area (Å²) in [7, 11) is 5.34. The van der Waals surface area contributed by atoms with Crippen molar-refractivity contribution in [2.75, 3.05) is 0 Å². The number of hydrogen-bond donors (Lipinski definition) is 0. The standard InChI is InChI=1S/C6H5BBrN/c7-4-5-2-1-3-6(8)9-5/h1-3H,4H2. The quantitative estimate of drug-likeness (QED) is 0.473. The number of aromatic nitrogens is 1. The summed E-state index contributed by atoms with van der Waals surface area (Å²) in [5.41, 5.74) is 0.907. The molecular weight excluding hydrogens is 177 g/mol. The summed E-state index contributed by atoms with van der Waals surface area (Å²) >= 11 is 3.24. The lowest BCUT2D eigenvalue weighted by molar-refractivity contribution is 1.14. The molecule has 0 aliphatic heterocycles.